The number of fused-ring (bicyclic) bond motifs is 1. The van der Waals surface area contributed by atoms with Gasteiger partial charge in [-0.15, -0.1) is 0 Å². The Morgan fingerprint density at radius 3 is 2.54 bits per heavy atom. The fraction of sp³-hybridized carbons (Fsp3) is 0.310. The van der Waals surface area contributed by atoms with Crippen molar-refractivity contribution in [3.8, 4) is 23.3 Å². The van der Waals surface area contributed by atoms with Gasteiger partial charge in [0.05, 0.1) is 48.8 Å². The summed E-state index contributed by atoms with van der Waals surface area (Å²) in [6.45, 7) is 7.45. The number of thiazole rings is 1. The molecule has 0 saturated carbocycles. The summed E-state index contributed by atoms with van der Waals surface area (Å²) >= 11 is 5.54. The maximum atomic E-state index is 14.0. The molecule has 2 heterocycles. The van der Waals surface area contributed by atoms with Crippen molar-refractivity contribution in [3.05, 3.63) is 79.6 Å². The number of nitriles is 1. The van der Waals surface area contributed by atoms with E-state index in [2.05, 4.69) is 50.2 Å². The van der Waals surface area contributed by atoms with Crippen LogP contribution in [0.2, 0.25) is 0 Å². The van der Waals surface area contributed by atoms with E-state index in [0.717, 1.165) is 12.7 Å². The van der Waals surface area contributed by atoms with E-state index in [4.69, 9.17) is 24.2 Å². The van der Waals surface area contributed by atoms with Crippen molar-refractivity contribution < 1.29 is 23.7 Å². The van der Waals surface area contributed by atoms with Crippen LogP contribution >= 0.6 is 56.5 Å². The van der Waals surface area contributed by atoms with Crippen LogP contribution in [0.3, 0.4) is 0 Å². The number of allylic oxidation sites excluding steroid dienone is 1. The van der Waals surface area contributed by atoms with E-state index in [1.165, 1.54) is 15.9 Å². The van der Waals surface area contributed by atoms with Crippen LogP contribution < -0.4 is 29.1 Å². The third-order valence-electron chi connectivity index (χ3n) is 5.98. The van der Waals surface area contributed by atoms with E-state index < -0.39 is 12.0 Å². The number of aromatic nitrogens is 1. The molecule has 1 aromatic heterocycles. The second-order valence-corrected chi connectivity index (χ2v) is 12.5. The topological polar surface area (TPSA) is 112 Å². The van der Waals surface area contributed by atoms with Crippen LogP contribution in [0.1, 0.15) is 44.9 Å². The monoisotopic (exact) mass is 799 g/mol. The highest BCUT2D eigenvalue weighted by Gasteiger charge is 2.34. The number of ether oxygens (including phenoxy) is 4. The minimum Gasteiger partial charge on any atom is -0.493 e. The standard InChI is InChI=1S/C29H27I2N3O6S/c1-6-38-28(36)24-16(4)33-29-34(25(24)18-7-8-21(40-15(2)3)22(14-18)37-5)27(35)23(41-29)13-17-11-19(30)26(20(31)12-17)39-10-9-32/h7-8,11-15,25H,6,10H2,1-5H3/b23-13-/t25-/m0/s1. The van der Waals surface area contributed by atoms with Gasteiger partial charge in [0.2, 0.25) is 0 Å². The number of carbonyl (C=O) groups excluding carboxylic acids is 1. The maximum absolute atomic E-state index is 14.0. The third kappa shape index (κ3) is 6.62. The predicted octanol–water partition coefficient (Wildman–Crippen LogP) is 4.71. The lowest BCUT2D eigenvalue weighted by molar-refractivity contribution is -0.139. The van der Waals surface area contributed by atoms with Gasteiger partial charge in [0.1, 0.15) is 11.8 Å². The first-order chi connectivity index (χ1) is 19.6. The van der Waals surface area contributed by atoms with Gasteiger partial charge in [-0.25, -0.2) is 9.79 Å². The largest absolute Gasteiger partial charge is 0.493 e. The molecule has 9 nitrogen and oxygen atoms in total. The summed E-state index contributed by atoms with van der Waals surface area (Å²) in [7, 11) is 1.55. The quantitative estimate of drug-likeness (QED) is 0.228. The second kappa shape index (κ2) is 13.4. The highest BCUT2D eigenvalue weighted by atomic mass is 127. The first-order valence-electron chi connectivity index (χ1n) is 12.6. The molecule has 0 spiro atoms. The SMILES string of the molecule is CCOC(=O)C1=C(C)N=c2s/c(=C\c3cc(I)c(OCC#N)c(I)c3)c(=O)n2[C@H]1c1ccc(OC(C)C)c(OC)c1. The molecule has 1 atom stereocenters. The third-order valence-corrected chi connectivity index (χ3v) is 8.57. The molecule has 12 heteroatoms. The van der Waals surface area contributed by atoms with Crippen LogP contribution in [0.4, 0.5) is 0 Å². The molecule has 0 bridgehead atoms. The molecular weight excluding hydrogens is 772 g/mol. The van der Waals surface area contributed by atoms with Crippen molar-refractivity contribution in [2.24, 2.45) is 4.99 Å². The van der Waals surface area contributed by atoms with Crippen molar-refractivity contribution in [1.82, 2.24) is 4.57 Å². The van der Waals surface area contributed by atoms with Gasteiger partial charge in [-0.3, -0.25) is 9.36 Å². The lowest BCUT2D eigenvalue weighted by Gasteiger charge is -2.25. The smallest absolute Gasteiger partial charge is 0.338 e. The summed E-state index contributed by atoms with van der Waals surface area (Å²) in [6, 6.07) is 10.4. The van der Waals surface area contributed by atoms with Gasteiger partial charge in [-0.05, 0) is 114 Å². The average Bonchev–Trinajstić information content (AvgIpc) is 3.21. The van der Waals surface area contributed by atoms with Crippen LogP contribution in [0.25, 0.3) is 6.08 Å². The Bertz CT molecular complexity index is 1730. The number of rotatable bonds is 9. The Morgan fingerprint density at radius 1 is 1.22 bits per heavy atom. The highest BCUT2D eigenvalue weighted by Crippen LogP contribution is 2.36. The number of benzene rings is 2. The molecule has 3 aromatic rings. The van der Waals surface area contributed by atoms with E-state index in [1.54, 1.807) is 39.2 Å². The Balaban J connectivity index is 1.91. The first kappa shape index (κ1) is 31.0. The molecule has 0 fully saturated rings. The number of halogens is 2. The van der Waals surface area contributed by atoms with E-state index in [-0.39, 0.29) is 30.5 Å². The molecule has 0 saturated heterocycles. The molecule has 41 heavy (non-hydrogen) atoms. The van der Waals surface area contributed by atoms with Gasteiger partial charge < -0.3 is 18.9 Å². The maximum Gasteiger partial charge on any atom is 0.338 e. The molecule has 0 N–H and O–H groups in total. The zero-order valence-corrected chi connectivity index (χ0v) is 28.1. The van der Waals surface area contributed by atoms with Gasteiger partial charge in [-0.2, -0.15) is 5.26 Å². The second-order valence-electron chi connectivity index (χ2n) is 9.14. The van der Waals surface area contributed by atoms with Crippen molar-refractivity contribution in [2.75, 3.05) is 20.3 Å². The van der Waals surface area contributed by atoms with Gasteiger partial charge in [0.15, 0.2) is 22.9 Å². The number of methoxy groups -OCH3 is 1. The highest BCUT2D eigenvalue weighted by molar-refractivity contribution is 14.1. The molecule has 2 aromatic carbocycles. The van der Waals surface area contributed by atoms with E-state index >= 15 is 0 Å². The van der Waals surface area contributed by atoms with Crippen molar-refractivity contribution >= 4 is 68.6 Å². The minimum atomic E-state index is -0.781. The zero-order chi connectivity index (χ0) is 29.8. The van der Waals surface area contributed by atoms with Crippen molar-refractivity contribution in [2.45, 2.75) is 39.8 Å². The fourth-order valence-electron chi connectivity index (χ4n) is 4.37. The summed E-state index contributed by atoms with van der Waals surface area (Å²) in [5.41, 5.74) is 1.93. The molecule has 0 unspecified atom stereocenters. The van der Waals surface area contributed by atoms with Gasteiger partial charge in [0.25, 0.3) is 5.56 Å². The minimum absolute atomic E-state index is 0.0541. The molecule has 1 aliphatic rings. The predicted molar refractivity (Wildman–Crippen MR) is 172 cm³/mol. The zero-order valence-electron chi connectivity index (χ0n) is 23.0. The van der Waals surface area contributed by atoms with Gasteiger partial charge >= 0.3 is 5.97 Å². The van der Waals surface area contributed by atoms with Gasteiger partial charge in [0, 0.05) is 0 Å². The molecular formula is C29H27I2N3O6S. The van der Waals surface area contributed by atoms with E-state index in [1.807, 2.05) is 38.1 Å². The van der Waals surface area contributed by atoms with Crippen LogP contribution in [0.5, 0.6) is 17.2 Å². The number of hydrogen-bond donors (Lipinski definition) is 0. The summed E-state index contributed by atoms with van der Waals surface area (Å²) in [4.78, 5) is 32.3. The van der Waals surface area contributed by atoms with E-state index in [0.29, 0.717) is 37.8 Å². The van der Waals surface area contributed by atoms with Crippen molar-refractivity contribution in [1.29, 1.82) is 5.26 Å². The van der Waals surface area contributed by atoms with Gasteiger partial charge in [-0.1, -0.05) is 17.4 Å². The Labute approximate surface area is 268 Å². The first-order valence-corrected chi connectivity index (χ1v) is 15.6. The van der Waals surface area contributed by atoms with Crippen LogP contribution in [-0.2, 0) is 9.53 Å². The number of carbonyl (C=O) groups is 1. The summed E-state index contributed by atoms with van der Waals surface area (Å²) in [5, 5.41) is 8.88. The Morgan fingerprint density at radius 2 is 1.93 bits per heavy atom. The molecule has 1 aliphatic heterocycles. The normalized spacial score (nSPS) is 14.8. The molecule has 0 radical (unpaired) electrons. The lowest BCUT2D eigenvalue weighted by atomic mass is 9.95. The molecule has 0 amide bonds. The number of hydrogen-bond acceptors (Lipinski definition) is 9. The number of nitrogens with zero attached hydrogens (tertiary/aromatic N) is 3. The molecule has 4 rings (SSSR count). The Kier molecular flexibility index (Phi) is 10.1. The molecule has 214 valence electrons. The lowest BCUT2D eigenvalue weighted by Crippen LogP contribution is -2.40. The summed E-state index contributed by atoms with van der Waals surface area (Å²) < 4.78 is 26.1. The van der Waals surface area contributed by atoms with Crippen LogP contribution in [0, 0.1) is 18.5 Å². The number of esters is 1. The van der Waals surface area contributed by atoms with Crippen LogP contribution in [0.15, 0.2) is 51.4 Å². The fourth-order valence-corrected chi connectivity index (χ4v) is 7.54. The summed E-state index contributed by atoms with van der Waals surface area (Å²) in [6.07, 6.45) is 1.73. The van der Waals surface area contributed by atoms with Crippen LogP contribution in [-0.4, -0.2) is 37.0 Å². The van der Waals surface area contributed by atoms with Crippen molar-refractivity contribution in [3.63, 3.8) is 0 Å². The average molecular weight is 799 g/mol. The Hall–Kier alpha value is -2.90. The van der Waals surface area contributed by atoms with E-state index in [9.17, 15) is 9.59 Å². The summed E-state index contributed by atoms with van der Waals surface area (Å²) in [5.74, 6) is 1.13. The molecule has 0 aliphatic carbocycles.